The molecule has 2 rings (SSSR count). The van der Waals surface area contributed by atoms with Gasteiger partial charge in [0.25, 0.3) is 0 Å². The van der Waals surface area contributed by atoms with Gasteiger partial charge in [-0.25, -0.2) is 0 Å². The van der Waals surface area contributed by atoms with E-state index in [-0.39, 0.29) is 0 Å². The highest BCUT2D eigenvalue weighted by Crippen LogP contribution is 2.27. The van der Waals surface area contributed by atoms with Gasteiger partial charge in [-0.2, -0.15) is 5.26 Å². The summed E-state index contributed by atoms with van der Waals surface area (Å²) in [7, 11) is 1.99. The fourth-order valence-corrected chi connectivity index (χ4v) is 2.23. The third-order valence-corrected chi connectivity index (χ3v) is 3.28. The topological polar surface area (TPSA) is 27.0 Å². The van der Waals surface area contributed by atoms with Crippen molar-refractivity contribution in [3.8, 4) is 6.07 Å². The summed E-state index contributed by atoms with van der Waals surface area (Å²) in [5.74, 6) is 0. The first kappa shape index (κ1) is 12.7. The molecule has 0 saturated carbocycles. The summed E-state index contributed by atoms with van der Waals surface area (Å²) in [4.78, 5) is 2.06. The van der Waals surface area contributed by atoms with E-state index in [0.29, 0.717) is 5.56 Å². The van der Waals surface area contributed by atoms with Crippen molar-refractivity contribution in [2.45, 2.75) is 6.92 Å². The van der Waals surface area contributed by atoms with Crippen LogP contribution < -0.4 is 4.90 Å². The van der Waals surface area contributed by atoms with E-state index in [1.165, 1.54) is 5.56 Å². The van der Waals surface area contributed by atoms with Gasteiger partial charge < -0.3 is 4.90 Å². The van der Waals surface area contributed by atoms with E-state index >= 15 is 0 Å². The van der Waals surface area contributed by atoms with Crippen molar-refractivity contribution < 1.29 is 0 Å². The van der Waals surface area contributed by atoms with Crippen LogP contribution in [0.5, 0.6) is 0 Å². The summed E-state index contributed by atoms with van der Waals surface area (Å²) in [5.41, 5.74) is 3.98. The zero-order chi connectivity index (χ0) is 13.1. The van der Waals surface area contributed by atoms with Gasteiger partial charge in [0.1, 0.15) is 0 Å². The molecule has 0 aliphatic carbocycles. The third kappa shape index (κ3) is 2.72. The van der Waals surface area contributed by atoms with Gasteiger partial charge in [0.2, 0.25) is 0 Å². The van der Waals surface area contributed by atoms with E-state index in [9.17, 15) is 0 Å². The molecule has 3 heteroatoms. The molecule has 2 nitrogen and oxygen atoms in total. The molecule has 0 radical (unpaired) electrons. The molecule has 0 fully saturated rings. The summed E-state index contributed by atoms with van der Waals surface area (Å²) in [6, 6.07) is 16.2. The van der Waals surface area contributed by atoms with Gasteiger partial charge in [0.15, 0.2) is 0 Å². The van der Waals surface area contributed by atoms with Crippen molar-refractivity contribution in [2.75, 3.05) is 11.9 Å². The van der Waals surface area contributed by atoms with Crippen molar-refractivity contribution in [2.24, 2.45) is 0 Å². The number of halogens is 1. The normalized spacial score (nSPS) is 9.89. The molecule has 0 unspecified atom stereocenters. The maximum absolute atomic E-state index is 8.99. The predicted octanol–water partition coefficient (Wildman–Crippen LogP) is 4.40. The number of aryl methyl sites for hydroxylation is 1. The Morgan fingerprint density at radius 2 is 1.72 bits per heavy atom. The minimum atomic E-state index is 0.651. The first-order valence-electron chi connectivity index (χ1n) is 5.61. The Hall–Kier alpha value is -1.79. The van der Waals surface area contributed by atoms with Crippen LogP contribution in [-0.4, -0.2) is 7.05 Å². The van der Waals surface area contributed by atoms with Gasteiger partial charge in [-0.15, -0.1) is 0 Å². The minimum Gasteiger partial charge on any atom is -0.345 e. The summed E-state index contributed by atoms with van der Waals surface area (Å²) < 4.78 is 0.913. The lowest BCUT2D eigenvalue weighted by atomic mass is 10.1. The van der Waals surface area contributed by atoms with E-state index in [4.69, 9.17) is 5.26 Å². The third-order valence-electron chi connectivity index (χ3n) is 2.82. The summed E-state index contributed by atoms with van der Waals surface area (Å²) in [6.45, 7) is 2.07. The predicted molar refractivity (Wildman–Crippen MR) is 78.1 cm³/mol. The number of hydrogen-bond donors (Lipinski definition) is 0. The van der Waals surface area contributed by atoms with E-state index in [1.807, 2.05) is 25.2 Å². The standard InChI is InChI=1S/C15H13BrN2/c1-11-3-5-14(6-4-11)18(2)15-8-12(10-17)7-13(16)9-15/h3-9H,1-2H3. The van der Waals surface area contributed by atoms with Gasteiger partial charge in [0, 0.05) is 22.9 Å². The number of rotatable bonds is 2. The quantitative estimate of drug-likeness (QED) is 0.822. The van der Waals surface area contributed by atoms with Crippen molar-refractivity contribution >= 4 is 27.3 Å². The molecule has 90 valence electrons. The molecule has 0 heterocycles. The highest BCUT2D eigenvalue weighted by Gasteiger charge is 2.06. The average Bonchev–Trinajstić information content (AvgIpc) is 2.38. The van der Waals surface area contributed by atoms with Crippen LogP contribution >= 0.6 is 15.9 Å². The highest BCUT2D eigenvalue weighted by atomic mass is 79.9. The minimum absolute atomic E-state index is 0.651. The molecule has 0 aliphatic rings. The van der Waals surface area contributed by atoms with Gasteiger partial charge in [-0.3, -0.25) is 0 Å². The van der Waals surface area contributed by atoms with Crippen LogP contribution in [0.1, 0.15) is 11.1 Å². The smallest absolute Gasteiger partial charge is 0.0992 e. The van der Waals surface area contributed by atoms with E-state index < -0.39 is 0 Å². The van der Waals surface area contributed by atoms with Crippen molar-refractivity contribution in [3.63, 3.8) is 0 Å². The Morgan fingerprint density at radius 1 is 1.06 bits per heavy atom. The molecule has 0 bridgehead atoms. The van der Waals surface area contributed by atoms with Crippen molar-refractivity contribution in [1.82, 2.24) is 0 Å². The van der Waals surface area contributed by atoms with Gasteiger partial charge in [0.05, 0.1) is 11.6 Å². The van der Waals surface area contributed by atoms with Gasteiger partial charge in [-0.1, -0.05) is 33.6 Å². The zero-order valence-corrected chi connectivity index (χ0v) is 11.9. The molecule has 0 saturated heterocycles. The summed E-state index contributed by atoms with van der Waals surface area (Å²) >= 11 is 3.43. The molecule has 0 aliphatic heterocycles. The number of hydrogen-bond acceptors (Lipinski definition) is 2. The molecule has 2 aromatic carbocycles. The Labute approximate surface area is 116 Å². The molecular weight excluding hydrogens is 288 g/mol. The second-order valence-corrected chi connectivity index (χ2v) is 5.12. The average molecular weight is 301 g/mol. The highest BCUT2D eigenvalue weighted by molar-refractivity contribution is 9.10. The Balaban J connectivity index is 2.39. The van der Waals surface area contributed by atoms with Gasteiger partial charge in [-0.05, 0) is 37.3 Å². The number of anilines is 2. The molecule has 0 amide bonds. The van der Waals surface area contributed by atoms with Crippen LogP contribution in [0.3, 0.4) is 0 Å². The second kappa shape index (κ2) is 5.24. The van der Waals surface area contributed by atoms with Crippen LogP contribution in [-0.2, 0) is 0 Å². The number of nitriles is 1. The lowest BCUT2D eigenvalue weighted by Crippen LogP contribution is -2.09. The molecule has 18 heavy (non-hydrogen) atoms. The van der Waals surface area contributed by atoms with E-state index in [1.54, 1.807) is 0 Å². The van der Waals surface area contributed by atoms with Crippen molar-refractivity contribution in [1.29, 1.82) is 5.26 Å². The SMILES string of the molecule is Cc1ccc(N(C)c2cc(Br)cc(C#N)c2)cc1. The Bertz CT molecular complexity index is 597. The monoisotopic (exact) mass is 300 g/mol. The van der Waals surface area contributed by atoms with Crippen LogP contribution in [0, 0.1) is 18.3 Å². The molecule has 0 N–H and O–H groups in total. The van der Waals surface area contributed by atoms with Crippen LogP contribution in [0.15, 0.2) is 46.9 Å². The fourth-order valence-electron chi connectivity index (χ4n) is 1.75. The maximum atomic E-state index is 8.99. The maximum Gasteiger partial charge on any atom is 0.0992 e. The molecule has 0 spiro atoms. The van der Waals surface area contributed by atoms with Crippen LogP contribution in [0.25, 0.3) is 0 Å². The lowest BCUT2D eigenvalue weighted by Gasteiger charge is -2.20. The molecule has 2 aromatic rings. The molecule has 0 aromatic heterocycles. The fraction of sp³-hybridized carbons (Fsp3) is 0.133. The van der Waals surface area contributed by atoms with Crippen LogP contribution in [0.4, 0.5) is 11.4 Å². The Morgan fingerprint density at radius 3 is 2.33 bits per heavy atom. The van der Waals surface area contributed by atoms with Crippen LogP contribution in [0.2, 0.25) is 0 Å². The summed E-state index contributed by atoms with van der Waals surface area (Å²) in [6.07, 6.45) is 0. The lowest BCUT2D eigenvalue weighted by molar-refractivity contribution is 1.20. The Kier molecular flexibility index (Phi) is 3.69. The number of nitrogens with zero attached hydrogens (tertiary/aromatic N) is 2. The van der Waals surface area contributed by atoms with Crippen molar-refractivity contribution in [3.05, 3.63) is 58.1 Å². The molecule has 0 atom stereocenters. The van der Waals surface area contributed by atoms with E-state index in [2.05, 4.69) is 58.1 Å². The molecular formula is C15H13BrN2. The van der Waals surface area contributed by atoms with E-state index in [0.717, 1.165) is 15.8 Å². The largest absolute Gasteiger partial charge is 0.345 e. The van der Waals surface area contributed by atoms with Gasteiger partial charge >= 0.3 is 0 Å². The first-order chi connectivity index (χ1) is 8.60. The second-order valence-electron chi connectivity index (χ2n) is 4.20. The zero-order valence-electron chi connectivity index (χ0n) is 10.3. The summed E-state index contributed by atoms with van der Waals surface area (Å²) in [5, 5.41) is 8.99. The number of benzene rings is 2. The first-order valence-corrected chi connectivity index (χ1v) is 6.40.